The lowest BCUT2D eigenvalue weighted by molar-refractivity contribution is 0.0595. The maximum Gasteiger partial charge on any atom is 0.358 e. The molecule has 3 aromatic rings. The SMILES string of the molecule is COC(=O)c1nc(C)sc1-c1c(C)oc2ccccc12. The van der Waals surface area contributed by atoms with Crippen LogP contribution in [0.5, 0.6) is 0 Å². The molecule has 0 atom stereocenters. The van der Waals surface area contributed by atoms with Crippen LogP contribution >= 0.6 is 11.3 Å². The number of methoxy groups -OCH3 is 1. The van der Waals surface area contributed by atoms with Gasteiger partial charge >= 0.3 is 5.97 Å². The van der Waals surface area contributed by atoms with E-state index in [0.29, 0.717) is 5.69 Å². The van der Waals surface area contributed by atoms with Gasteiger partial charge in [-0.05, 0) is 19.9 Å². The lowest BCUT2D eigenvalue weighted by atomic mass is 10.1. The predicted molar refractivity (Wildman–Crippen MR) is 78.1 cm³/mol. The zero-order valence-electron chi connectivity index (χ0n) is 11.4. The standard InChI is InChI=1S/C15H13NO3S/c1-8-12(10-6-4-5-7-11(10)19-8)14-13(15(17)18-3)16-9(2)20-14/h4-7H,1-3H3. The normalized spacial score (nSPS) is 10.9. The van der Waals surface area contributed by atoms with Crippen molar-refractivity contribution in [3.8, 4) is 10.4 Å². The monoisotopic (exact) mass is 287 g/mol. The van der Waals surface area contributed by atoms with Crippen LogP contribution in [0.25, 0.3) is 21.4 Å². The van der Waals surface area contributed by atoms with Crippen LogP contribution < -0.4 is 0 Å². The predicted octanol–water partition coefficient (Wildman–Crippen LogP) is 3.96. The van der Waals surface area contributed by atoms with Crippen molar-refractivity contribution in [1.29, 1.82) is 0 Å². The third kappa shape index (κ3) is 1.91. The van der Waals surface area contributed by atoms with E-state index in [4.69, 9.17) is 9.15 Å². The van der Waals surface area contributed by atoms with Gasteiger partial charge in [0.15, 0.2) is 5.69 Å². The number of benzene rings is 1. The van der Waals surface area contributed by atoms with Crippen LogP contribution in [0.15, 0.2) is 28.7 Å². The summed E-state index contributed by atoms with van der Waals surface area (Å²) in [4.78, 5) is 17.0. The molecule has 20 heavy (non-hydrogen) atoms. The number of carbonyl (C=O) groups excluding carboxylic acids is 1. The summed E-state index contributed by atoms with van der Waals surface area (Å²) in [6.07, 6.45) is 0. The van der Waals surface area contributed by atoms with Gasteiger partial charge in [-0.15, -0.1) is 11.3 Å². The minimum Gasteiger partial charge on any atom is -0.464 e. The third-order valence-corrected chi connectivity index (χ3v) is 4.10. The van der Waals surface area contributed by atoms with E-state index in [0.717, 1.165) is 32.2 Å². The second kappa shape index (κ2) is 4.76. The fraction of sp³-hybridized carbons (Fsp3) is 0.200. The molecule has 1 aromatic carbocycles. The molecule has 0 saturated heterocycles. The minimum atomic E-state index is -0.422. The van der Waals surface area contributed by atoms with E-state index in [1.54, 1.807) is 0 Å². The van der Waals surface area contributed by atoms with Gasteiger partial charge in [0, 0.05) is 10.9 Å². The second-order valence-corrected chi connectivity index (χ2v) is 5.63. The van der Waals surface area contributed by atoms with E-state index in [1.165, 1.54) is 18.4 Å². The number of esters is 1. The highest BCUT2D eigenvalue weighted by molar-refractivity contribution is 7.15. The van der Waals surface area contributed by atoms with Gasteiger partial charge in [-0.3, -0.25) is 0 Å². The topological polar surface area (TPSA) is 52.3 Å². The molecule has 0 N–H and O–H groups in total. The Bertz CT molecular complexity index is 801. The number of aromatic nitrogens is 1. The summed E-state index contributed by atoms with van der Waals surface area (Å²) < 4.78 is 10.6. The molecule has 0 radical (unpaired) electrons. The fourth-order valence-corrected chi connectivity index (χ4v) is 3.30. The molecule has 0 aliphatic rings. The maximum atomic E-state index is 11.9. The van der Waals surface area contributed by atoms with Crippen molar-refractivity contribution >= 4 is 28.3 Å². The number of aryl methyl sites for hydroxylation is 2. The Morgan fingerprint density at radius 2 is 2.05 bits per heavy atom. The van der Waals surface area contributed by atoms with Gasteiger partial charge in [-0.25, -0.2) is 9.78 Å². The van der Waals surface area contributed by atoms with Gasteiger partial charge in [-0.2, -0.15) is 0 Å². The Labute approximate surface area is 120 Å². The summed E-state index contributed by atoms with van der Waals surface area (Å²) in [6, 6.07) is 7.77. The average molecular weight is 287 g/mol. The van der Waals surface area contributed by atoms with E-state index < -0.39 is 5.97 Å². The van der Waals surface area contributed by atoms with Crippen molar-refractivity contribution in [2.75, 3.05) is 7.11 Å². The molecule has 5 heteroatoms. The van der Waals surface area contributed by atoms with Crippen molar-refractivity contribution in [2.45, 2.75) is 13.8 Å². The second-order valence-electron chi connectivity index (χ2n) is 4.43. The summed E-state index contributed by atoms with van der Waals surface area (Å²) in [5, 5.41) is 1.81. The number of carbonyl (C=O) groups is 1. The number of ether oxygens (including phenoxy) is 1. The Morgan fingerprint density at radius 1 is 1.30 bits per heavy atom. The summed E-state index contributed by atoms with van der Waals surface area (Å²) >= 11 is 1.47. The van der Waals surface area contributed by atoms with E-state index in [9.17, 15) is 4.79 Å². The number of hydrogen-bond acceptors (Lipinski definition) is 5. The van der Waals surface area contributed by atoms with Crippen molar-refractivity contribution in [1.82, 2.24) is 4.98 Å². The maximum absolute atomic E-state index is 11.9. The van der Waals surface area contributed by atoms with Gasteiger partial charge in [0.1, 0.15) is 11.3 Å². The molecule has 0 unspecified atom stereocenters. The molecule has 0 saturated carbocycles. The lowest BCUT2D eigenvalue weighted by Crippen LogP contribution is -2.03. The number of fused-ring (bicyclic) bond motifs is 1. The van der Waals surface area contributed by atoms with Gasteiger partial charge in [0.25, 0.3) is 0 Å². The van der Waals surface area contributed by atoms with Crippen LogP contribution in [0, 0.1) is 13.8 Å². The van der Waals surface area contributed by atoms with E-state index in [2.05, 4.69) is 4.98 Å². The molecule has 0 aliphatic heterocycles. The summed E-state index contributed by atoms with van der Waals surface area (Å²) in [5.74, 6) is 0.356. The molecular formula is C15H13NO3S. The summed E-state index contributed by atoms with van der Waals surface area (Å²) in [7, 11) is 1.36. The Hall–Kier alpha value is -2.14. The van der Waals surface area contributed by atoms with E-state index in [1.807, 2.05) is 38.1 Å². The van der Waals surface area contributed by atoms with Crippen molar-refractivity contribution in [3.63, 3.8) is 0 Å². The van der Waals surface area contributed by atoms with E-state index >= 15 is 0 Å². The summed E-state index contributed by atoms with van der Waals surface area (Å²) in [6.45, 7) is 3.77. The van der Waals surface area contributed by atoms with Crippen LogP contribution in [0.1, 0.15) is 21.3 Å². The van der Waals surface area contributed by atoms with Crippen molar-refractivity contribution in [3.05, 3.63) is 40.7 Å². The zero-order chi connectivity index (χ0) is 14.3. The Morgan fingerprint density at radius 3 is 2.80 bits per heavy atom. The first kappa shape index (κ1) is 12.9. The first-order chi connectivity index (χ1) is 9.61. The Kier molecular flexibility index (Phi) is 3.06. The van der Waals surface area contributed by atoms with E-state index in [-0.39, 0.29) is 0 Å². The van der Waals surface area contributed by atoms with Crippen molar-refractivity contribution in [2.24, 2.45) is 0 Å². The highest BCUT2D eigenvalue weighted by atomic mass is 32.1. The summed E-state index contributed by atoms with van der Waals surface area (Å²) in [5.41, 5.74) is 2.08. The molecule has 2 aromatic heterocycles. The molecule has 4 nitrogen and oxygen atoms in total. The first-order valence-corrected chi connectivity index (χ1v) is 6.97. The van der Waals surface area contributed by atoms with Crippen LogP contribution in [0.2, 0.25) is 0 Å². The highest BCUT2D eigenvalue weighted by Crippen LogP contribution is 2.39. The smallest absolute Gasteiger partial charge is 0.358 e. The molecule has 102 valence electrons. The largest absolute Gasteiger partial charge is 0.464 e. The van der Waals surface area contributed by atoms with Crippen LogP contribution in [-0.4, -0.2) is 18.1 Å². The number of rotatable bonds is 2. The molecular weight excluding hydrogens is 274 g/mol. The molecule has 0 aliphatic carbocycles. The number of para-hydroxylation sites is 1. The van der Waals surface area contributed by atoms with Crippen LogP contribution in [0.4, 0.5) is 0 Å². The first-order valence-electron chi connectivity index (χ1n) is 6.16. The molecule has 0 fully saturated rings. The molecule has 3 rings (SSSR count). The number of nitrogens with zero attached hydrogens (tertiary/aromatic N) is 1. The lowest BCUT2D eigenvalue weighted by Gasteiger charge is -2.00. The van der Waals surface area contributed by atoms with Crippen molar-refractivity contribution < 1.29 is 13.9 Å². The molecule has 0 spiro atoms. The minimum absolute atomic E-state index is 0.352. The van der Waals surface area contributed by atoms with Gasteiger partial charge in [0.2, 0.25) is 0 Å². The average Bonchev–Trinajstić information content (AvgIpc) is 2.96. The number of thiazole rings is 1. The number of furan rings is 1. The zero-order valence-corrected chi connectivity index (χ0v) is 12.2. The molecule has 0 bridgehead atoms. The quantitative estimate of drug-likeness (QED) is 0.669. The highest BCUT2D eigenvalue weighted by Gasteiger charge is 2.23. The molecule has 2 heterocycles. The van der Waals surface area contributed by atoms with Gasteiger partial charge in [-0.1, -0.05) is 18.2 Å². The van der Waals surface area contributed by atoms with Crippen LogP contribution in [0.3, 0.4) is 0 Å². The Balaban J connectivity index is 2.31. The van der Waals surface area contributed by atoms with Crippen LogP contribution in [-0.2, 0) is 4.74 Å². The fourth-order valence-electron chi connectivity index (χ4n) is 2.28. The van der Waals surface area contributed by atoms with Gasteiger partial charge in [0.05, 0.1) is 17.0 Å². The number of hydrogen-bond donors (Lipinski definition) is 0. The van der Waals surface area contributed by atoms with Gasteiger partial charge < -0.3 is 9.15 Å². The molecule has 0 amide bonds. The third-order valence-electron chi connectivity index (χ3n) is 3.11.